The van der Waals surface area contributed by atoms with Crippen molar-refractivity contribution in [2.45, 2.75) is 318 Å². The summed E-state index contributed by atoms with van der Waals surface area (Å²) >= 11 is 0. The van der Waals surface area contributed by atoms with Crippen molar-refractivity contribution in [2.75, 3.05) is 31.6 Å². The number of carbonyl (C=O) groups is 8. The van der Waals surface area contributed by atoms with Crippen molar-refractivity contribution in [3.05, 3.63) is 29.8 Å². The number of hydrogen-bond donors (Lipinski definition) is 3. The zero-order valence-electron chi connectivity index (χ0n) is 71.8. The van der Waals surface area contributed by atoms with E-state index in [0.29, 0.717) is 116 Å². The van der Waals surface area contributed by atoms with Crippen molar-refractivity contribution in [1.82, 2.24) is 10.6 Å². The fraction of sp³-hybridized carbons (Fsp3) is 0.835. The van der Waals surface area contributed by atoms with Gasteiger partial charge in [-0.15, -0.1) is 0 Å². The Hall–Kier alpha value is -2.31. The van der Waals surface area contributed by atoms with Crippen LogP contribution in [-0.2, 0) is 49.5 Å². The van der Waals surface area contributed by atoms with E-state index in [1.54, 1.807) is 0 Å². The van der Waals surface area contributed by atoms with Crippen LogP contribution in [0.3, 0.4) is 0 Å². The Kier molecular flexibility index (Phi) is 74.8. The fourth-order valence-corrected chi connectivity index (χ4v) is 11.3. The van der Waals surface area contributed by atoms with E-state index in [1.807, 2.05) is 93.5 Å². The summed E-state index contributed by atoms with van der Waals surface area (Å²) in [6.07, 6.45) is 12.7. The predicted molar refractivity (Wildman–Crippen MR) is 466 cm³/mol. The molecule has 1 aromatic rings. The maximum atomic E-state index is 12.5. The van der Waals surface area contributed by atoms with Gasteiger partial charge in [-0.1, -0.05) is 247 Å². The molecule has 1 rings (SSSR count). The lowest BCUT2D eigenvalue weighted by atomic mass is 9.84. The lowest BCUT2D eigenvalue weighted by molar-refractivity contribution is -0.131. The normalized spacial score (nSPS) is 12.8. The van der Waals surface area contributed by atoms with Crippen LogP contribution in [0.25, 0.3) is 0 Å². The highest BCUT2D eigenvalue weighted by Gasteiger charge is 2.28. The first-order valence-electron chi connectivity index (χ1n) is 38.6. The third-order valence-electron chi connectivity index (χ3n) is 16.5. The van der Waals surface area contributed by atoms with Gasteiger partial charge in [0.05, 0.1) is 6.61 Å². The minimum Gasteiger partial charge on any atom is -0.381 e. The molecule has 12 nitrogen and oxygen atoms in total. The minimum atomic E-state index is -0.139. The van der Waals surface area contributed by atoms with Crippen molar-refractivity contribution in [3.8, 4) is 0 Å². The second-order valence-electron chi connectivity index (χ2n) is 35.8. The molecule has 0 fully saturated rings. The fourth-order valence-electron chi connectivity index (χ4n) is 11.3. The van der Waals surface area contributed by atoms with Crippen molar-refractivity contribution < 1.29 is 43.1 Å². The van der Waals surface area contributed by atoms with Crippen LogP contribution in [0, 0.1) is 117 Å². The molecule has 0 radical (unpaired) electrons. The molecular weight excluding hydrogens is 1370 g/mol. The number of ketones is 5. The highest BCUT2D eigenvalue weighted by atomic mass is 32.1. The van der Waals surface area contributed by atoms with Gasteiger partial charge in [0.2, 0.25) is 17.7 Å². The summed E-state index contributed by atoms with van der Waals surface area (Å²) in [4.78, 5) is 96.5. The zero-order valence-corrected chi connectivity index (χ0v) is 76.8. The average molecular weight is 1540 g/mol. The number of hydrogen-bond acceptors (Lipinski definition) is 9. The van der Waals surface area contributed by atoms with E-state index in [2.05, 4.69) is 168 Å². The maximum absolute atomic E-state index is 12.5. The van der Waals surface area contributed by atoms with E-state index in [4.69, 9.17) is 4.74 Å². The van der Waals surface area contributed by atoms with Gasteiger partial charge in [0.25, 0.3) is 0 Å². The molecule has 3 amide bonds. The lowest BCUT2D eigenvalue weighted by Gasteiger charge is -2.22. The van der Waals surface area contributed by atoms with Crippen LogP contribution in [0.1, 0.15) is 317 Å². The summed E-state index contributed by atoms with van der Waals surface area (Å²) in [7, 11) is 0. The summed E-state index contributed by atoms with van der Waals surface area (Å²) < 4.78 is 5.69. The number of ether oxygens (including phenoxy) is 1. The van der Waals surface area contributed by atoms with Crippen LogP contribution >= 0.6 is 67.5 Å². The molecule has 0 saturated heterocycles. The summed E-state index contributed by atoms with van der Waals surface area (Å²) in [5.74, 6) is 7.14. The Labute approximate surface area is 665 Å². The Balaban J connectivity index is -0.000000151. The van der Waals surface area contributed by atoms with Gasteiger partial charge in [-0.2, -0.15) is 67.5 Å². The van der Waals surface area contributed by atoms with Crippen molar-refractivity contribution in [3.63, 3.8) is 0 Å². The van der Waals surface area contributed by atoms with E-state index in [9.17, 15) is 38.4 Å². The number of Topliss-reactive ketones (excluding diaryl/α,β-unsaturated/α-hetero) is 5. The quantitative estimate of drug-likeness (QED) is 0.0537. The van der Waals surface area contributed by atoms with Gasteiger partial charge in [0.15, 0.2) is 0 Å². The third-order valence-corrected chi connectivity index (χ3v) is 16.5. The van der Waals surface area contributed by atoms with Crippen LogP contribution in [-0.4, -0.2) is 72.9 Å². The monoisotopic (exact) mass is 1540 g/mol. The number of anilines is 1. The van der Waals surface area contributed by atoms with E-state index in [1.165, 1.54) is 12.8 Å². The largest absolute Gasteiger partial charge is 0.381 e. The average Bonchev–Trinajstić information content (AvgIpc) is 0.880. The molecule has 0 unspecified atom stereocenters. The first kappa shape index (κ1) is 118. The van der Waals surface area contributed by atoms with Gasteiger partial charge >= 0.3 is 0 Å². The number of amides is 3. The molecule has 608 valence electrons. The molecule has 0 spiro atoms. The van der Waals surface area contributed by atoms with Crippen LogP contribution < -0.4 is 16.0 Å². The van der Waals surface area contributed by atoms with Gasteiger partial charge in [-0.3, -0.25) is 38.4 Å². The van der Waals surface area contributed by atoms with E-state index in [-0.39, 0.29) is 155 Å². The zero-order chi connectivity index (χ0) is 76.3. The maximum Gasteiger partial charge on any atom is 0.224 e. The molecule has 102 heavy (non-hydrogen) atoms. The van der Waals surface area contributed by atoms with Gasteiger partial charge in [-0.25, -0.2) is 0 Å². The Morgan fingerprint density at radius 2 is 0.696 bits per heavy atom. The summed E-state index contributed by atoms with van der Waals surface area (Å²) in [5, 5.41) is 8.78. The van der Waals surface area contributed by atoms with E-state index in [0.717, 1.165) is 81.6 Å². The van der Waals surface area contributed by atoms with Gasteiger partial charge in [0, 0.05) is 104 Å². The molecule has 0 heterocycles. The standard InChI is InChI=1S/C22H35NO2.2C16H31NO2.C16H32O2.C15H30O.5H2S/c1-15(2)7-12-21(24)23-20-10-8-18(9-11-20)14-19(13-16(3)4)22(25)17(5)6;1-11(2)8-13(15(19)12(3)4)9-14(18)17-10-16(5,6)7;1-11(2)9-14(16(19)13(5)6)7-8-15(18)17-10-12(3)4;1-12(2)10-14(15(17)13(3)4)8-9-18-11-16(5,6)7;1-11(2)8-7-9-14(10-12(3)4)15(16)13(5)6;;;;;/h8-11,15-17,19H,7,12-14H2,1-6H3,(H,23,24);11-13H,8-10H2,1-7H3,(H,17,18);11-14H,7-10H2,1-6H3,(H,17,18);12-14H,8-11H2,1-7H3;11-14H,7-10H2,1-6H3;5*1H2/t19-;13-;3*14-;;;;;/m00111...../s1. The third kappa shape index (κ3) is 69.4. The van der Waals surface area contributed by atoms with Crippen LogP contribution in [0.4, 0.5) is 5.69 Å². The Bertz CT molecular complexity index is 2300. The predicted octanol–water partition coefficient (Wildman–Crippen LogP) is 21.9. The van der Waals surface area contributed by atoms with Gasteiger partial charge < -0.3 is 20.7 Å². The first-order valence-corrected chi connectivity index (χ1v) is 38.6. The molecular formula is C85H169N3O9S5. The lowest BCUT2D eigenvalue weighted by Crippen LogP contribution is -2.35. The number of rotatable bonds is 42. The van der Waals surface area contributed by atoms with Crippen molar-refractivity contribution in [1.29, 1.82) is 0 Å². The Morgan fingerprint density at radius 1 is 0.353 bits per heavy atom. The second kappa shape index (κ2) is 64.7. The molecule has 1 aromatic carbocycles. The number of carbonyl (C=O) groups excluding carboxylic acids is 8. The molecule has 0 aliphatic carbocycles. The summed E-state index contributed by atoms with van der Waals surface area (Å²) in [6.45, 7) is 69.7. The SMILES string of the molecule is CC(C)CCC(=O)Nc1ccc(C[C@H](CC(C)C)C(=O)C(C)C)cc1.CC(C)CCC[C@H](CC(C)C)C(=O)C(C)C.CC(C)CNC(=O)CC[C@H](CC(C)C)C(=O)C(C)C.CC(C)C[C@@H](CC(=O)NCC(C)(C)C)C(=O)C(C)C.CC(C)C[C@@H](CCOCC(C)(C)C)C(=O)C(C)C.S.S.S.S.S. The smallest absolute Gasteiger partial charge is 0.224 e. The molecule has 3 N–H and O–H groups in total. The van der Waals surface area contributed by atoms with Crippen molar-refractivity contribution >= 4 is 120 Å². The van der Waals surface area contributed by atoms with E-state index >= 15 is 0 Å². The summed E-state index contributed by atoms with van der Waals surface area (Å²) in [6, 6.07) is 7.93. The highest BCUT2D eigenvalue weighted by molar-refractivity contribution is 7.60. The molecule has 0 aliphatic heterocycles. The topological polar surface area (TPSA) is 182 Å². The second-order valence-corrected chi connectivity index (χ2v) is 35.8. The molecule has 0 bridgehead atoms. The molecule has 17 heteroatoms. The number of nitrogens with one attached hydrogen (secondary N) is 3. The Morgan fingerprint density at radius 3 is 1.05 bits per heavy atom. The van der Waals surface area contributed by atoms with Crippen LogP contribution in [0.15, 0.2) is 24.3 Å². The first-order chi connectivity index (χ1) is 44.4. The molecule has 5 atom stereocenters. The summed E-state index contributed by atoms with van der Waals surface area (Å²) in [5.41, 5.74) is 2.26. The highest BCUT2D eigenvalue weighted by Crippen LogP contribution is 2.28. The molecule has 0 saturated carbocycles. The van der Waals surface area contributed by atoms with E-state index < -0.39 is 0 Å². The molecule has 0 aliphatic rings. The van der Waals surface area contributed by atoms with Crippen LogP contribution in [0.5, 0.6) is 0 Å². The molecule has 0 aromatic heterocycles. The van der Waals surface area contributed by atoms with Gasteiger partial charge in [0.1, 0.15) is 28.9 Å². The minimum absolute atomic E-state index is 0. The van der Waals surface area contributed by atoms with Gasteiger partial charge in [-0.05, 0) is 140 Å². The number of benzene rings is 1. The van der Waals surface area contributed by atoms with Crippen molar-refractivity contribution in [2.24, 2.45) is 117 Å². The van der Waals surface area contributed by atoms with Crippen LogP contribution in [0.2, 0.25) is 0 Å².